The monoisotopic (exact) mass is 168 g/mol. The molecule has 61 valence electrons. The maximum absolute atomic E-state index is 4.20. The summed E-state index contributed by atoms with van der Waals surface area (Å²) in [4.78, 5) is 4.20. The molecule has 1 rings (SSSR count). The molecule has 0 unspecified atom stereocenters. The third-order valence-corrected chi connectivity index (χ3v) is 2.24. The molecule has 2 heteroatoms. The van der Waals surface area contributed by atoms with Crippen LogP contribution in [-0.2, 0) is 6.42 Å². The van der Waals surface area contributed by atoms with Crippen molar-refractivity contribution in [3.05, 3.63) is 23.0 Å². The zero-order valence-corrected chi connectivity index (χ0v) is 7.90. The van der Waals surface area contributed by atoms with Gasteiger partial charge in [0, 0.05) is 18.0 Å². The number of hydrogen-bond acceptors (Lipinski definition) is 2. The van der Waals surface area contributed by atoms with Gasteiger partial charge in [-0.15, -0.1) is 11.3 Å². The molecule has 0 aliphatic carbocycles. The predicted molar refractivity (Wildman–Crippen MR) is 49.6 cm³/mol. The maximum Gasteiger partial charge on any atom is 0.0927 e. The van der Waals surface area contributed by atoms with E-state index in [2.05, 4.69) is 25.3 Å². The van der Waals surface area contributed by atoms with Crippen LogP contribution in [0.3, 0.4) is 0 Å². The molecule has 1 heterocycles. The highest BCUT2D eigenvalue weighted by atomic mass is 32.1. The molecule has 0 amide bonds. The second kappa shape index (κ2) is 4.50. The van der Waals surface area contributed by atoms with E-state index in [1.807, 2.05) is 11.6 Å². The van der Waals surface area contributed by atoms with Crippen molar-refractivity contribution < 1.29 is 0 Å². The van der Waals surface area contributed by atoms with Crippen LogP contribution in [0.25, 0.3) is 0 Å². The fourth-order valence-corrected chi connectivity index (χ4v) is 1.51. The Morgan fingerprint density at radius 1 is 1.64 bits per heavy atom. The molecule has 0 aliphatic rings. The minimum Gasteiger partial charge on any atom is -0.250 e. The van der Waals surface area contributed by atoms with E-state index in [1.54, 1.807) is 11.3 Å². The van der Waals surface area contributed by atoms with E-state index < -0.39 is 0 Å². The Balaban J connectivity index is 2.14. The first-order valence-electron chi connectivity index (χ1n) is 3.99. The molecule has 0 aliphatic heterocycles. The fourth-order valence-electron chi connectivity index (χ4n) is 0.894. The van der Waals surface area contributed by atoms with E-state index in [-0.39, 0.29) is 0 Å². The van der Waals surface area contributed by atoms with Gasteiger partial charge < -0.3 is 0 Å². The Morgan fingerprint density at radius 3 is 3.00 bits per heavy atom. The van der Waals surface area contributed by atoms with Crippen LogP contribution in [0.5, 0.6) is 0 Å². The van der Waals surface area contributed by atoms with Crippen molar-refractivity contribution >= 4 is 11.3 Å². The van der Waals surface area contributed by atoms with Crippen molar-refractivity contribution in [2.75, 3.05) is 0 Å². The fraction of sp³-hybridized carbons (Fsp3) is 0.556. The van der Waals surface area contributed by atoms with Crippen LogP contribution in [-0.4, -0.2) is 4.98 Å². The second-order valence-corrected chi connectivity index (χ2v) is 4.03. The van der Waals surface area contributed by atoms with Crippen LogP contribution in [0.2, 0.25) is 0 Å². The topological polar surface area (TPSA) is 12.9 Å². The predicted octanol–water partition coefficient (Wildman–Crippen LogP) is 2.94. The highest BCUT2D eigenvalue weighted by molar-refractivity contribution is 7.09. The largest absolute Gasteiger partial charge is 0.250 e. The average Bonchev–Trinajstić information content (AvgIpc) is 2.39. The van der Waals surface area contributed by atoms with E-state index in [9.17, 15) is 0 Å². The summed E-state index contributed by atoms with van der Waals surface area (Å²) in [7, 11) is 0. The Bertz CT molecular complexity index is 179. The van der Waals surface area contributed by atoms with Crippen molar-refractivity contribution in [1.82, 2.24) is 4.98 Å². The second-order valence-electron chi connectivity index (χ2n) is 3.05. The summed E-state index contributed by atoms with van der Waals surface area (Å²) < 4.78 is 0. The SMILES string of the molecule is CC(C)C[CH]Cc1nccs1. The summed E-state index contributed by atoms with van der Waals surface area (Å²) in [5, 5.41) is 3.25. The van der Waals surface area contributed by atoms with Crippen molar-refractivity contribution in [3.63, 3.8) is 0 Å². The minimum absolute atomic E-state index is 0.773. The molecule has 1 radical (unpaired) electrons. The van der Waals surface area contributed by atoms with Crippen molar-refractivity contribution in [2.24, 2.45) is 5.92 Å². The maximum atomic E-state index is 4.20. The lowest BCUT2D eigenvalue weighted by molar-refractivity contribution is 0.628. The van der Waals surface area contributed by atoms with E-state index in [0.29, 0.717) is 0 Å². The molecule has 0 bridgehead atoms. The lowest BCUT2D eigenvalue weighted by Crippen LogP contribution is -1.90. The summed E-state index contributed by atoms with van der Waals surface area (Å²) in [6, 6.07) is 0. The number of thiazole rings is 1. The van der Waals surface area contributed by atoms with Gasteiger partial charge in [-0.3, -0.25) is 0 Å². The zero-order chi connectivity index (χ0) is 8.10. The van der Waals surface area contributed by atoms with Gasteiger partial charge in [0.15, 0.2) is 0 Å². The van der Waals surface area contributed by atoms with Gasteiger partial charge in [-0.2, -0.15) is 0 Å². The van der Waals surface area contributed by atoms with Crippen molar-refractivity contribution in [1.29, 1.82) is 0 Å². The summed E-state index contributed by atoms with van der Waals surface area (Å²) in [6.45, 7) is 4.47. The van der Waals surface area contributed by atoms with Gasteiger partial charge in [0.1, 0.15) is 0 Å². The molecule has 0 saturated heterocycles. The van der Waals surface area contributed by atoms with Crippen molar-refractivity contribution in [3.8, 4) is 0 Å². The molecule has 0 N–H and O–H groups in total. The normalized spacial score (nSPS) is 10.8. The zero-order valence-electron chi connectivity index (χ0n) is 7.08. The lowest BCUT2D eigenvalue weighted by Gasteiger charge is -2.00. The molecule has 0 saturated carbocycles. The van der Waals surface area contributed by atoms with Gasteiger partial charge >= 0.3 is 0 Å². The first-order chi connectivity index (χ1) is 5.29. The quantitative estimate of drug-likeness (QED) is 0.673. The van der Waals surface area contributed by atoms with E-state index in [0.717, 1.165) is 12.3 Å². The molecule has 0 spiro atoms. The van der Waals surface area contributed by atoms with Crippen LogP contribution in [0.1, 0.15) is 25.3 Å². The van der Waals surface area contributed by atoms with Gasteiger partial charge in [-0.05, 0) is 18.8 Å². The molecule has 1 aromatic rings. The number of hydrogen-bond donors (Lipinski definition) is 0. The molecule has 1 nitrogen and oxygen atoms in total. The number of rotatable bonds is 4. The minimum atomic E-state index is 0.773. The summed E-state index contributed by atoms with van der Waals surface area (Å²) >= 11 is 1.73. The standard InChI is InChI=1S/C9H14NS/c1-8(2)4-3-5-9-10-6-7-11-9/h3,6-8H,4-5H2,1-2H3. The summed E-state index contributed by atoms with van der Waals surface area (Å²) in [5.41, 5.74) is 0. The number of nitrogens with zero attached hydrogens (tertiary/aromatic N) is 1. The number of aromatic nitrogens is 1. The van der Waals surface area contributed by atoms with Crippen LogP contribution in [0.15, 0.2) is 11.6 Å². The van der Waals surface area contributed by atoms with E-state index >= 15 is 0 Å². The van der Waals surface area contributed by atoms with Gasteiger partial charge in [0.2, 0.25) is 0 Å². The summed E-state index contributed by atoms with van der Waals surface area (Å²) in [6.07, 6.45) is 6.40. The molecule has 0 aromatic carbocycles. The molecular weight excluding hydrogens is 154 g/mol. The van der Waals surface area contributed by atoms with E-state index in [4.69, 9.17) is 0 Å². The average molecular weight is 168 g/mol. The van der Waals surface area contributed by atoms with Gasteiger partial charge in [0.25, 0.3) is 0 Å². The third-order valence-electron chi connectivity index (χ3n) is 1.44. The lowest BCUT2D eigenvalue weighted by atomic mass is 10.1. The Morgan fingerprint density at radius 2 is 2.45 bits per heavy atom. The molecule has 0 fully saturated rings. The van der Waals surface area contributed by atoms with E-state index in [1.165, 1.54) is 11.4 Å². The third kappa shape index (κ3) is 3.51. The Kier molecular flexibility index (Phi) is 3.57. The first kappa shape index (κ1) is 8.72. The smallest absolute Gasteiger partial charge is 0.0927 e. The van der Waals surface area contributed by atoms with Crippen LogP contribution < -0.4 is 0 Å². The molecule has 0 atom stereocenters. The molecule has 11 heavy (non-hydrogen) atoms. The molecule has 1 aromatic heterocycles. The van der Waals surface area contributed by atoms with Crippen LogP contribution in [0.4, 0.5) is 0 Å². The van der Waals surface area contributed by atoms with Gasteiger partial charge in [0.05, 0.1) is 5.01 Å². The molecular formula is C9H14NS. The van der Waals surface area contributed by atoms with Gasteiger partial charge in [-0.1, -0.05) is 13.8 Å². The first-order valence-corrected chi connectivity index (χ1v) is 4.87. The van der Waals surface area contributed by atoms with Crippen LogP contribution >= 0.6 is 11.3 Å². The highest BCUT2D eigenvalue weighted by Crippen LogP contribution is 2.10. The Labute approximate surface area is 72.5 Å². The Hall–Kier alpha value is -0.370. The summed E-state index contributed by atoms with van der Waals surface area (Å²) in [5.74, 6) is 0.773. The van der Waals surface area contributed by atoms with Gasteiger partial charge in [-0.25, -0.2) is 4.98 Å². The highest BCUT2D eigenvalue weighted by Gasteiger charge is 1.97. The van der Waals surface area contributed by atoms with Crippen LogP contribution in [0, 0.1) is 12.3 Å². The van der Waals surface area contributed by atoms with Crippen molar-refractivity contribution in [2.45, 2.75) is 26.7 Å².